The van der Waals surface area contributed by atoms with Crippen molar-refractivity contribution < 1.29 is 31.5 Å². The summed E-state index contributed by atoms with van der Waals surface area (Å²) in [6.07, 6.45) is -6.21. The summed E-state index contributed by atoms with van der Waals surface area (Å²) >= 11 is 1.88. The maximum Gasteiger partial charge on any atom is 0.433 e. The predicted molar refractivity (Wildman–Crippen MR) is 149 cm³/mol. The number of carbonyl (C=O) groups is 2. The maximum absolute atomic E-state index is 14.0. The third kappa shape index (κ3) is 4.99. The Balaban J connectivity index is 1.51. The molecule has 0 spiro atoms. The van der Waals surface area contributed by atoms with Crippen LogP contribution in [0.3, 0.4) is 0 Å². The molecule has 43 heavy (non-hydrogen) atoms. The molecule has 6 rings (SSSR count). The molecule has 0 saturated heterocycles. The van der Waals surface area contributed by atoms with E-state index in [-0.39, 0.29) is 37.7 Å². The number of carbonyl (C=O) groups excluding carboxylic acids is 2. The van der Waals surface area contributed by atoms with Crippen molar-refractivity contribution in [1.29, 1.82) is 0 Å². The van der Waals surface area contributed by atoms with E-state index in [4.69, 9.17) is 5.73 Å². The Labute approximate surface area is 245 Å². The third-order valence-electron chi connectivity index (χ3n) is 6.40. The highest BCUT2D eigenvalue weighted by Gasteiger charge is 2.36. The number of nitrogens with zero attached hydrogens (tertiary/aromatic N) is 6. The van der Waals surface area contributed by atoms with Crippen LogP contribution in [0.25, 0.3) is 37.6 Å². The average molecular weight is 633 g/mol. The van der Waals surface area contributed by atoms with Crippen LogP contribution in [0.1, 0.15) is 43.7 Å². The molecular formula is C26H17F5N8O2S2. The van der Waals surface area contributed by atoms with Crippen molar-refractivity contribution in [3.63, 3.8) is 0 Å². The number of hydrogen-bond donors (Lipinski definition) is 2. The van der Waals surface area contributed by atoms with Crippen molar-refractivity contribution in [2.45, 2.75) is 19.5 Å². The fourth-order valence-corrected chi connectivity index (χ4v) is 6.31. The molecule has 0 aliphatic carbocycles. The van der Waals surface area contributed by atoms with Gasteiger partial charge in [-0.15, -0.1) is 22.7 Å². The monoisotopic (exact) mass is 632 g/mol. The molecule has 0 atom stereocenters. The van der Waals surface area contributed by atoms with E-state index in [9.17, 15) is 31.5 Å². The number of pyridine rings is 1. The first-order valence-corrected chi connectivity index (χ1v) is 13.9. The second kappa shape index (κ2) is 10.2. The summed E-state index contributed by atoms with van der Waals surface area (Å²) in [7, 11) is 1.63. The Kier molecular flexibility index (Phi) is 6.72. The number of aromatic nitrogens is 6. The summed E-state index contributed by atoms with van der Waals surface area (Å²) in [6, 6.07) is 6.30. The summed E-state index contributed by atoms with van der Waals surface area (Å²) in [5.41, 5.74) is 4.13. The molecule has 0 bridgehead atoms. The van der Waals surface area contributed by atoms with Crippen LogP contribution < -0.4 is 11.1 Å². The lowest BCUT2D eigenvalue weighted by molar-refractivity contribution is -0.142. The molecule has 10 nitrogen and oxygen atoms in total. The van der Waals surface area contributed by atoms with E-state index in [1.807, 2.05) is 0 Å². The molecule has 6 aromatic heterocycles. The molecule has 0 aromatic carbocycles. The summed E-state index contributed by atoms with van der Waals surface area (Å²) in [6.45, 7) is 1.65. The number of fused-ring (bicyclic) bond motifs is 2. The molecule has 220 valence electrons. The van der Waals surface area contributed by atoms with E-state index in [0.717, 1.165) is 18.2 Å². The number of aryl methyl sites for hydroxylation is 2. The van der Waals surface area contributed by atoms with Crippen LogP contribution in [0, 0.1) is 6.92 Å². The normalized spacial score (nSPS) is 12.1. The number of hydrogen-bond acceptors (Lipinski definition) is 8. The van der Waals surface area contributed by atoms with Gasteiger partial charge in [0.05, 0.1) is 22.0 Å². The number of anilines is 1. The fourth-order valence-electron chi connectivity index (χ4n) is 4.61. The average Bonchev–Trinajstić information content (AvgIpc) is 3.72. The van der Waals surface area contributed by atoms with E-state index in [1.54, 1.807) is 37.7 Å². The summed E-state index contributed by atoms with van der Waals surface area (Å²) < 4.78 is 71.6. The minimum Gasteiger partial charge on any atom is -0.365 e. The molecule has 0 unspecified atom stereocenters. The first kappa shape index (κ1) is 28.4. The molecule has 3 N–H and O–H groups in total. The molecule has 0 aliphatic rings. The molecule has 0 fully saturated rings. The summed E-state index contributed by atoms with van der Waals surface area (Å²) in [5.74, 6) is -1.98. The van der Waals surface area contributed by atoms with Gasteiger partial charge in [-0.05, 0) is 36.1 Å². The number of rotatable bonds is 6. The first-order chi connectivity index (χ1) is 20.3. The zero-order valence-corrected chi connectivity index (χ0v) is 23.5. The van der Waals surface area contributed by atoms with Crippen LogP contribution in [0.5, 0.6) is 0 Å². The van der Waals surface area contributed by atoms with Crippen LogP contribution in [-0.2, 0) is 13.2 Å². The molecule has 0 saturated carbocycles. The number of halogens is 5. The minimum atomic E-state index is -4.83. The lowest BCUT2D eigenvalue weighted by Crippen LogP contribution is -2.18. The van der Waals surface area contributed by atoms with Crippen molar-refractivity contribution in [3.05, 3.63) is 69.6 Å². The Bertz CT molecular complexity index is 2060. The maximum atomic E-state index is 14.0. The van der Waals surface area contributed by atoms with Gasteiger partial charge < -0.3 is 11.1 Å². The zero-order chi connectivity index (χ0) is 30.8. The van der Waals surface area contributed by atoms with Crippen LogP contribution >= 0.6 is 22.7 Å². The molecule has 6 aromatic rings. The van der Waals surface area contributed by atoms with Crippen LogP contribution in [0.2, 0.25) is 0 Å². The lowest BCUT2D eigenvalue weighted by atomic mass is 10.0. The van der Waals surface area contributed by atoms with Crippen molar-refractivity contribution in [2.24, 2.45) is 12.8 Å². The fraction of sp³-hybridized carbons (Fsp3) is 0.154. The quantitative estimate of drug-likeness (QED) is 0.214. The minimum absolute atomic E-state index is 0.0169. The number of thiophene rings is 2. The number of primary amides is 1. The largest absolute Gasteiger partial charge is 0.433 e. The first-order valence-electron chi connectivity index (χ1n) is 12.2. The van der Waals surface area contributed by atoms with E-state index in [1.165, 1.54) is 16.0 Å². The van der Waals surface area contributed by atoms with Gasteiger partial charge in [-0.3, -0.25) is 14.3 Å². The van der Waals surface area contributed by atoms with Gasteiger partial charge in [0.15, 0.2) is 17.0 Å². The lowest BCUT2D eigenvalue weighted by Gasteiger charge is -2.10. The topological polar surface area (TPSA) is 133 Å². The van der Waals surface area contributed by atoms with Crippen molar-refractivity contribution >= 4 is 56.0 Å². The van der Waals surface area contributed by atoms with Gasteiger partial charge in [-0.25, -0.2) is 23.3 Å². The van der Waals surface area contributed by atoms with Crippen molar-refractivity contribution in [1.82, 2.24) is 29.4 Å². The smallest absolute Gasteiger partial charge is 0.365 e. The van der Waals surface area contributed by atoms with E-state index < -0.39 is 41.5 Å². The molecule has 6 heterocycles. The van der Waals surface area contributed by atoms with Gasteiger partial charge in [0, 0.05) is 30.3 Å². The second-order valence-corrected chi connectivity index (χ2v) is 11.2. The molecule has 0 aliphatic heterocycles. The summed E-state index contributed by atoms with van der Waals surface area (Å²) in [4.78, 5) is 34.4. The standard InChI is InChI=1S/C26H17F5N8O2S2/c1-10-12(9-38(2)36-10)11-6-14(22(27)28)34-25-19(11)20(21(43-25)23(32)40)35-24(41)15-8-18-33-13(16-4-3-5-42-16)7-17(26(29,30)31)39(18)37-15/h3-9,22H,1-2H3,(H2,32,40)(H,35,41). The molecular weight excluding hydrogens is 615 g/mol. The molecule has 17 heteroatoms. The van der Waals surface area contributed by atoms with E-state index >= 15 is 0 Å². The summed E-state index contributed by atoms with van der Waals surface area (Å²) in [5, 5.41) is 12.4. The Morgan fingerprint density at radius 2 is 1.86 bits per heavy atom. The number of nitrogens with one attached hydrogen (secondary N) is 1. The van der Waals surface area contributed by atoms with Crippen LogP contribution in [0.4, 0.5) is 27.6 Å². The number of alkyl halides is 5. The van der Waals surface area contributed by atoms with E-state index in [2.05, 4.69) is 25.5 Å². The van der Waals surface area contributed by atoms with Crippen molar-refractivity contribution in [3.8, 4) is 21.7 Å². The SMILES string of the molecule is Cc1nn(C)cc1-c1cc(C(F)F)nc2sc(C(N)=O)c(NC(=O)c3cc4nc(-c5cccs5)cc(C(F)(F)F)n4n3)c12. The number of amides is 2. The van der Waals surface area contributed by atoms with Crippen molar-refractivity contribution in [2.75, 3.05) is 5.32 Å². The molecule has 0 radical (unpaired) electrons. The highest BCUT2D eigenvalue weighted by Crippen LogP contribution is 2.43. The van der Waals surface area contributed by atoms with Gasteiger partial charge in [-0.1, -0.05) is 6.07 Å². The third-order valence-corrected chi connectivity index (χ3v) is 8.39. The molecule has 2 amide bonds. The Hall–Kier alpha value is -4.77. The van der Waals surface area contributed by atoms with Gasteiger partial charge in [0.25, 0.3) is 18.2 Å². The second-order valence-electron chi connectivity index (χ2n) is 9.30. The van der Waals surface area contributed by atoms with Gasteiger partial charge in [0.1, 0.15) is 15.4 Å². The Morgan fingerprint density at radius 3 is 2.47 bits per heavy atom. The van der Waals surface area contributed by atoms with E-state index in [0.29, 0.717) is 32.0 Å². The van der Waals surface area contributed by atoms with Gasteiger partial charge in [0.2, 0.25) is 0 Å². The van der Waals surface area contributed by atoms with Gasteiger partial charge >= 0.3 is 6.18 Å². The number of nitrogens with two attached hydrogens (primary N) is 1. The van der Waals surface area contributed by atoms with Crippen LogP contribution in [-0.4, -0.2) is 41.2 Å². The Morgan fingerprint density at radius 1 is 1.09 bits per heavy atom. The zero-order valence-electron chi connectivity index (χ0n) is 21.9. The highest BCUT2D eigenvalue weighted by molar-refractivity contribution is 7.21. The highest BCUT2D eigenvalue weighted by atomic mass is 32.1. The van der Waals surface area contributed by atoms with Crippen LogP contribution in [0.15, 0.2) is 41.9 Å². The van der Waals surface area contributed by atoms with Gasteiger partial charge in [-0.2, -0.15) is 23.4 Å². The predicted octanol–water partition coefficient (Wildman–Crippen LogP) is 6.08.